The van der Waals surface area contributed by atoms with Crippen LogP contribution < -0.4 is 11.5 Å². The predicted molar refractivity (Wildman–Crippen MR) is 50.6 cm³/mol. The minimum absolute atomic E-state index is 0.0648. The second kappa shape index (κ2) is 3.62. The van der Waals surface area contributed by atoms with Gasteiger partial charge in [-0.05, 0) is 35.0 Å². The van der Waals surface area contributed by atoms with Gasteiger partial charge in [-0.15, -0.1) is 0 Å². The number of nitrogens with zero attached hydrogens (tertiary/aromatic N) is 1. The Balaban J connectivity index is 2.78. The lowest BCUT2D eigenvalue weighted by Crippen LogP contribution is -2.23. The molecule has 0 aliphatic rings. The third kappa shape index (κ3) is 2.27. The predicted octanol–water partition coefficient (Wildman–Crippen LogP) is 1.38. The van der Waals surface area contributed by atoms with Gasteiger partial charge in [0.05, 0.1) is 0 Å². The van der Waals surface area contributed by atoms with Crippen molar-refractivity contribution in [1.29, 1.82) is 0 Å². The van der Waals surface area contributed by atoms with Gasteiger partial charge in [-0.2, -0.15) is 0 Å². The zero-order chi connectivity index (χ0) is 9.14. The lowest BCUT2D eigenvalue weighted by Gasteiger charge is -2.01. The van der Waals surface area contributed by atoms with Gasteiger partial charge in [-0.1, -0.05) is 0 Å². The number of hydrogen-bond donors (Lipinski definition) is 2. The molecular weight excluding hydrogens is 222 g/mol. The van der Waals surface area contributed by atoms with Gasteiger partial charge in [0.2, 0.25) is 0 Å². The van der Waals surface area contributed by atoms with E-state index in [-0.39, 0.29) is 12.0 Å². The van der Waals surface area contributed by atoms with Crippen LogP contribution in [0.1, 0.15) is 18.7 Å². The standard InChI is InChI=1S/C7H10BrN3O/c1-4(11-7(9)10)5-2-3-6(8)12-5/h2-4H,1H3,(H4,9,10,11). The van der Waals surface area contributed by atoms with Crippen molar-refractivity contribution >= 4 is 21.9 Å². The first-order valence-corrected chi connectivity index (χ1v) is 4.23. The fourth-order valence-electron chi connectivity index (χ4n) is 0.840. The van der Waals surface area contributed by atoms with E-state index in [4.69, 9.17) is 15.9 Å². The normalized spacial score (nSPS) is 12.5. The summed E-state index contributed by atoms with van der Waals surface area (Å²) in [7, 11) is 0. The highest BCUT2D eigenvalue weighted by molar-refractivity contribution is 9.10. The molecule has 0 amide bonds. The maximum absolute atomic E-state index is 5.24. The number of nitrogens with two attached hydrogens (primary N) is 2. The van der Waals surface area contributed by atoms with Gasteiger partial charge < -0.3 is 15.9 Å². The molecule has 0 saturated heterocycles. The fraction of sp³-hybridized carbons (Fsp3) is 0.286. The largest absolute Gasteiger partial charge is 0.452 e. The Bertz CT molecular complexity index is 291. The zero-order valence-corrected chi connectivity index (χ0v) is 8.21. The van der Waals surface area contributed by atoms with Crippen molar-refractivity contribution in [1.82, 2.24) is 0 Å². The van der Waals surface area contributed by atoms with Crippen molar-refractivity contribution in [2.24, 2.45) is 16.5 Å². The van der Waals surface area contributed by atoms with Crippen molar-refractivity contribution in [2.75, 3.05) is 0 Å². The molecule has 0 radical (unpaired) electrons. The Labute approximate surface area is 78.8 Å². The van der Waals surface area contributed by atoms with Crippen LogP contribution in [0, 0.1) is 0 Å². The molecule has 0 spiro atoms. The van der Waals surface area contributed by atoms with E-state index in [1.54, 1.807) is 6.07 Å². The third-order valence-electron chi connectivity index (χ3n) is 1.35. The van der Waals surface area contributed by atoms with Crippen LogP contribution in [0.3, 0.4) is 0 Å². The summed E-state index contributed by atoms with van der Waals surface area (Å²) in [6.45, 7) is 1.85. The van der Waals surface area contributed by atoms with Crippen LogP contribution >= 0.6 is 15.9 Å². The fourth-order valence-corrected chi connectivity index (χ4v) is 1.16. The molecule has 1 rings (SSSR count). The first-order chi connectivity index (χ1) is 5.59. The Morgan fingerprint density at radius 1 is 1.58 bits per heavy atom. The second-order valence-corrected chi connectivity index (χ2v) is 3.15. The van der Waals surface area contributed by atoms with E-state index in [0.29, 0.717) is 4.67 Å². The first kappa shape index (κ1) is 9.12. The molecule has 0 fully saturated rings. The zero-order valence-electron chi connectivity index (χ0n) is 6.62. The van der Waals surface area contributed by atoms with Gasteiger partial charge in [0.15, 0.2) is 10.6 Å². The minimum Gasteiger partial charge on any atom is -0.452 e. The van der Waals surface area contributed by atoms with Crippen LogP contribution in [-0.4, -0.2) is 5.96 Å². The molecule has 1 aromatic heterocycles. The van der Waals surface area contributed by atoms with Gasteiger partial charge in [-0.25, -0.2) is 4.99 Å². The molecule has 1 heterocycles. The molecule has 4 nitrogen and oxygen atoms in total. The van der Waals surface area contributed by atoms with Crippen molar-refractivity contribution in [3.05, 3.63) is 22.6 Å². The molecule has 12 heavy (non-hydrogen) atoms. The molecule has 5 heteroatoms. The Morgan fingerprint density at radius 3 is 2.67 bits per heavy atom. The lowest BCUT2D eigenvalue weighted by molar-refractivity contribution is 0.462. The van der Waals surface area contributed by atoms with E-state index >= 15 is 0 Å². The molecule has 1 unspecified atom stereocenters. The summed E-state index contributed by atoms with van der Waals surface area (Å²) < 4.78 is 5.92. The number of guanidine groups is 1. The number of rotatable bonds is 2. The topological polar surface area (TPSA) is 77.5 Å². The highest BCUT2D eigenvalue weighted by atomic mass is 79.9. The molecule has 0 aromatic carbocycles. The Morgan fingerprint density at radius 2 is 2.25 bits per heavy atom. The molecule has 0 saturated carbocycles. The highest BCUT2D eigenvalue weighted by Gasteiger charge is 2.07. The summed E-state index contributed by atoms with van der Waals surface area (Å²) in [4.78, 5) is 3.92. The average Bonchev–Trinajstić information content (AvgIpc) is 2.34. The quantitative estimate of drug-likeness (QED) is 0.597. The van der Waals surface area contributed by atoms with E-state index in [0.717, 1.165) is 5.76 Å². The summed E-state index contributed by atoms with van der Waals surface area (Å²) in [5.74, 6) is 0.797. The van der Waals surface area contributed by atoms with Crippen LogP contribution in [0.15, 0.2) is 26.2 Å². The SMILES string of the molecule is CC(N=C(N)N)c1ccc(Br)o1. The summed E-state index contributed by atoms with van der Waals surface area (Å²) in [6.07, 6.45) is 0. The summed E-state index contributed by atoms with van der Waals surface area (Å²) >= 11 is 3.19. The number of aliphatic imine (C=N–C) groups is 1. The summed E-state index contributed by atoms with van der Waals surface area (Å²) in [5, 5.41) is 0. The van der Waals surface area contributed by atoms with Gasteiger partial charge >= 0.3 is 0 Å². The van der Waals surface area contributed by atoms with Gasteiger partial charge in [0.1, 0.15) is 11.8 Å². The van der Waals surface area contributed by atoms with Crippen LogP contribution in [-0.2, 0) is 0 Å². The maximum atomic E-state index is 5.24. The minimum atomic E-state index is -0.138. The van der Waals surface area contributed by atoms with E-state index in [2.05, 4.69) is 20.9 Å². The highest BCUT2D eigenvalue weighted by Crippen LogP contribution is 2.22. The van der Waals surface area contributed by atoms with E-state index in [1.165, 1.54) is 0 Å². The van der Waals surface area contributed by atoms with E-state index in [1.807, 2.05) is 13.0 Å². The molecule has 0 aliphatic carbocycles. The number of halogens is 1. The van der Waals surface area contributed by atoms with Crippen LogP contribution in [0.2, 0.25) is 0 Å². The van der Waals surface area contributed by atoms with Gasteiger partial charge in [-0.3, -0.25) is 0 Å². The number of hydrogen-bond acceptors (Lipinski definition) is 2. The van der Waals surface area contributed by atoms with Crippen LogP contribution in [0.5, 0.6) is 0 Å². The molecular formula is C7H10BrN3O. The summed E-state index contributed by atoms with van der Waals surface area (Å²) in [5.41, 5.74) is 10.4. The molecule has 1 aromatic rings. The van der Waals surface area contributed by atoms with Crippen molar-refractivity contribution < 1.29 is 4.42 Å². The first-order valence-electron chi connectivity index (χ1n) is 3.43. The molecule has 4 N–H and O–H groups in total. The Hall–Kier alpha value is -0.970. The van der Waals surface area contributed by atoms with E-state index in [9.17, 15) is 0 Å². The van der Waals surface area contributed by atoms with Gasteiger partial charge in [0, 0.05) is 0 Å². The van der Waals surface area contributed by atoms with Crippen molar-refractivity contribution in [2.45, 2.75) is 13.0 Å². The maximum Gasteiger partial charge on any atom is 0.186 e. The number of furan rings is 1. The molecule has 1 atom stereocenters. The average molecular weight is 232 g/mol. The summed E-state index contributed by atoms with van der Waals surface area (Å²) in [6, 6.07) is 3.48. The molecule has 0 aliphatic heterocycles. The van der Waals surface area contributed by atoms with Crippen molar-refractivity contribution in [3.8, 4) is 0 Å². The second-order valence-electron chi connectivity index (χ2n) is 2.37. The van der Waals surface area contributed by atoms with Crippen molar-refractivity contribution in [3.63, 3.8) is 0 Å². The van der Waals surface area contributed by atoms with Crippen LogP contribution in [0.25, 0.3) is 0 Å². The lowest BCUT2D eigenvalue weighted by atomic mass is 10.3. The van der Waals surface area contributed by atoms with E-state index < -0.39 is 0 Å². The van der Waals surface area contributed by atoms with Crippen LogP contribution in [0.4, 0.5) is 0 Å². The monoisotopic (exact) mass is 231 g/mol. The van der Waals surface area contributed by atoms with Gasteiger partial charge in [0.25, 0.3) is 0 Å². The third-order valence-corrected chi connectivity index (χ3v) is 1.77. The smallest absolute Gasteiger partial charge is 0.186 e. The molecule has 0 bridgehead atoms. The Kier molecular flexibility index (Phi) is 2.75. The molecule has 66 valence electrons.